The highest BCUT2D eigenvalue weighted by atomic mass is 35.5. The second-order valence-corrected chi connectivity index (χ2v) is 6.85. The van der Waals surface area contributed by atoms with Crippen molar-refractivity contribution in [1.82, 2.24) is 4.90 Å². The maximum absolute atomic E-state index is 6.30. The van der Waals surface area contributed by atoms with E-state index in [2.05, 4.69) is 31.0 Å². The van der Waals surface area contributed by atoms with E-state index in [1.54, 1.807) is 0 Å². The first-order valence-corrected chi connectivity index (χ1v) is 8.07. The number of fused-ring (bicyclic) bond motifs is 2. The summed E-state index contributed by atoms with van der Waals surface area (Å²) in [6, 6.07) is 7.90. The zero-order valence-electron chi connectivity index (χ0n) is 11.6. The van der Waals surface area contributed by atoms with E-state index in [9.17, 15) is 0 Å². The number of benzene rings is 1. The van der Waals surface area contributed by atoms with Gasteiger partial charge in [-0.05, 0) is 62.3 Å². The summed E-state index contributed by atoms with van der Waals surface area (Å²) in [6.45, 7) is 2.09. The lowest BCUT2D eigenvalue weighted by atomic mass is 9.77. The Morgan fingerprint density at radius 3 is 2.79 bits per heavy atom. The normalized spacial score (nSPS) is 34.7. The fourth-order valence-corrected chi connectivity index (χ4v) is 4.61. The maximum Gasteiger partial charge on any atom is 0.0435 e. The number of alkyl halides is 1. The molecular formula is C16H21Cl2N. The molecule has 0 N–H and O–H groups in total. The molecule has 2 aliphatic heterocycles. The SMILES string of the molecule is Cc1cc([C@H]2CC3CCC([C@H]2CCl)N3C)ccc1Cl. The molecule has 0 amide bonds. The Morgan fingerprint density at radius 2 is 2.11 bits per heavy atom. The summed E-state index contributed by atoms with van der Waals surface area (Å²) in [5.41, 5.74) is 2.61. The molecule has 2 aliphatic rings. The molecule has 1 nitrogen and oxygen atoms in total. The fraction of sp³-hybridized carbons (Fsp3) is 0.625. The molecule has 104 valence electrons. The molecule has 1 aromatic carbocycles. The van der Waals surface area contributed by atoms with Crippen molar-refractivity contribution >= 4 is 23.2 Å². The third-order valence-electron chi connectivity index (χ3n) is 5.22. The van der Waals surface area contributed by atoms with Crippen LogP contribution < -0.4 is 0 Å². The first kappa shape index (κ1) is 13.7. The predicted molar refractivity (Wildman–Crippen MR) is 82.3 cm³/mol. The molecule has 0 saturated carbocycles. The number of halogens is 2. The monoisotopic (exact) mass is 297 g/mol. The van der Waals surface area contributed by atoms with Crippen LogP contribution in [0.4, 0.5) is 0 Å². The van der Waals surface area contributed by atoms with E-state index in [-0.39, 0.29) is 0 Å². The fourth-order valence-electron chi connectivity index (χ4n) is 4.07. The maximum atomic E-state index is 6.30. The van der Waals surface area contributed by atoms with Crippen LogP contribution in [0.5, 0.6) is 0 Å². The number of hydrogen-bond acceptors (Lipinski definition) is 1. The lowest BCUT2D eigenvalue weighted by Crippen LogP contribution is -2.46. The number of nitrogens with zero attached hydrogens (tertiary/aromatic N) is 1. The number of aryl methyl sites for hydroxylation is 1. The summed E-state index contributed by atoms with van der Waals surface area (Å²) in [5.74, 6) is 1.93. The Morgan fingerprint density at radius 1 is 1.32 bits per heavy atom. The van der Waals surface area contributed by atoms with Gasteiger partial charge in [0.1, 0.15) is 0 Å². The van der Waals surface area contributed by atoms with Gasteiger partial charge in [-0.1, -0.05) is 23.7 Å². The largest absolute Gasteiger partial charge is 0.300 e. The van der Waals surface area contributed by atoms with E-state index in [1.165, 1.54) is 30.4 Å². The molecule has 2 fully saturated rings. The van der Waals surface area contributed by atoms with E-state index in [4.69, 9.17) is 23.2 Å². The quantitative estimate of drug-likeness (QED) is 0.729. The molecule has 2 heterocycles. The van der Waals surface area contributed by atoms with Crippen molar-refractivity contribution in [3.05, 3.63) is 34.3 Å². The van der Waals surface area contributed by atoms with Crippen LogP contribution in [0.3, 0.4) is 0 Å². The Hall–Kier alpha value is -0.240. The highest BCUT2D eigenvalue weighted by Gasteiger charge is 2.45. The smallest absolute Gasteiger partial charge is 0.0435 e. The molecule has 0 aliphatic carbocycles. The van der Waals surface area contributed by atoms with Gasteiger partial charge in [-0.3, -0.25) is 0 Å². The molecular weight excluding hydrogens is 277 g/mol. The van der Waals surface area contributed by atoms with E-state index in [0.717, 1.165) is 16.9 Å². The molecule has 2 bridgehead atoms. The van der Waals surface area contributed by atoms with Crippen LogP contribution in [-0.4, -0.2) is 29.9 Å². The molecule has 2 saturated heterocycles. The van der Waals surface area contributed by atoms with Crippen LogP contribution in [0, 0.1) is 12.8 Å². The zero-order valence-corrected chi connectivity index (χ0v) is 13.1. The van der Waals surface area contributed by atoms with Crippen molar-refractivity contribution in [3.63, 3.8) is 0 Å². The van der Waals surface area contributed by atoms with Crippen LogP contribution in [-0.2, 0) is 0 Å². The summed E-state index contributed by atoms with van der Waals surface area (Å²) >= 11 is 12.4. The molecule has 19 heavy (non-hydrogen) atoms. The highest BCUT2D eigenvalue weighted by molar-refractivity contribution is 6.31. The molecule has 4 atom stereocenters. The average Bonchev–Trinajstić information content (AvgIpc) is 2.65. The Bertz CT molecular complexity index is 474. The van der Waals surface area contributed by atoms with Crippen LogP contribution in [0.1, 0.15) is 36.3 Å². The van der Waals surface area contributed by atoms with Gasteiger partial charge in [0, 0.05) is 23.0 Å². The molecule has 0 aromatic heterocycles. The van der Waals surface area contributed by atoms with Gasteiger partial charge in [-0.2, -0.15) is 0 Å². The van der Waals surface area contributed by atoms with Crippen molar-refractivity contribution < 1.29 is 0 Å². The van der Waals surface area contributed by atoms with Crippen LogP contribution in [0.2, 0.25) is 5.02 Å². The van der Waals surface area contributed by atoms with E-state index in [1.807, 2.05) is 6.07 Å². The minimum atomic E-state index is 0.575. The van der Waals surface area contributed by atoms with Crippen LogP contribution >= 0.6 is 23.2 Å². The Labute approximate surface area is 125 Å². The van der Waals surface area contributed by atoms with E-state index < -0.39 is 0 Å². The summed E-state index contributed by atoms with van der Waals surface area (Å²) in [5, 5.41) is 0.863. The van der Waals surface area contributed by atoms with Gasteiger partial charge < -0.3 is 4.90 Å². The number of piperidine rings is 1. The van der Waals surface area contributed by atoms with Crippen LogP contribution in [0.15, 0.2) is 18.2 Å². The van der Waals surface area contributed by atoms with Crippen molar-refractivity contribution in [2.45, 2.75) is 44.2 Å². The van der Waals surface area contributed by atoms with Gasteiger partial charge in [0.25, 0.3) is 0 Å². The second kappa shape index (κ2) is 5.27. The molecule has 0 spiro atoms. The highest BCUT2D eigenvalue weighted by Crippen LogP contribution is 2.46. The third kappa shape index (κ3) is 2.30. The Balaban J connectivity index is 1.93. The standard InChI is InChI=1S/C16H21Cl2N/c1-10-7-11(3-5-15(10)18)13-8-12-4-6-16(19(12)2)14(13)9-17/h3,5,7,12-14,16H,4,6,8-9H2,1-2H3/t12?,13-,14+,16?/m1/s1. The van der Waals surface area contributed by atoms with Gasteiger partial charge in [-0.25, -0.2) is 0 Å². The molecule has 0 radical (unpaired) electrons. The topological polar surface area (TPSA) is 3.24 Å². The molecule has 1 aromatic rings. The summed E-state index contributed by atoms with van der Waals surface area (Å²) in [7, 11) is 2.27. The van der Waals surface area contributed by atoms with Gasteiger partial charge in [0.2, 0.25) is 0 Å². The molecule has 3 rings (SSSR count). The van der Waals surface area contributed by atoms with Gasteiger partial charge in [0.05, 0.1) is 0 Å². The third-order valence-corrected chi connectivity index (χ3v) is 6.00. The zero-order chi connectivity index (χ0) is 13.6. The molecule has 2 unspecified atom stereocenters. The lowest BCUT2D eigenvalue weighted by molar-refractivity contribution is 0.111. The average molecular weight is 298 g/mol. The summed E-state index contributed by atoms with van der Waals surface area (Å²) in [4.78, 5) is 2.56. The second-order valence-electron chi connectivity index (χ2n) is 6.13. The summed E-state index contributed by atoms with van der Waals surface area (Å²) < 4.78 is 0. The van der Waals surface area contributed by atoms with E-state index in [0.29, 0.717) is 17.9 Å². The van der Waals surface area contributed by atoms with Gasteiger partial charge >= 0.3 is 0 Å². The van der Waals surface area contributed by atoms with Crippen LogP contribution in [0.25, 0.3) is 0 Å². The van der Waals surface area contributed by atoms with Crippen molar-refractivity contribution in [2.75, 3.05) is 12.9 Å². The summed E-state index contributed by atoms with van der Waals surface area (Å²) in [6.07, 6.45) is 3.88. The number of rotatable bonds is 2. The minimum absolute atomic E-state index is 0.575. The van der Waals surface area contributed by atoms with Crippen molar-refractivity contribution in [3.8, 4) is 0 Å². The first-order valence-electron chi connectivity index (χ1n) is 7.15. The van der Waals surface area contributed by atoms with Gasteiger partial charge in [-0.15, -0.1) is 11.6 Å². The van der Waals surface area contributed by atoms with Crippen molar-refractivity contribution in [1.29, 1.82) is 0 Å². The first-order chi connectivity index (χ1) is 9.11. The minimum Gasteiger partial charge on any atom is -0.300 e. The predicted octanol–water partition coefficient (Wildman–Crippen LogP) is 4.45. The number of hydrogen-bond donors (Lipinski definition) is 0. The van der Waals surface area contributed by atoms with Crippen molar-refractivity contribution in [2.24, 2.45) is 5.92 Å². The van der Waals surface area contributed by atoms with Gasteiger partial charge in [0.15, 0.2) is 0 Å². The van der Waals surface area contributed by atoms with E-state index >= 15 is 0 Å². The molecule has 3 heteroatoms. The Kier molecular flexibility index (Phi) is 3.81. The lowest BCUT2D eigenvalue weighted by Gasteiger charge is -2.42.